The lowest BCUT2D eigenvalue weighted by molar-refractivity contribution is 0.941. The Labute approximate surface area is 101 Å². The number of hydrogen-bond acceptors (Lipinski definition) is 2. The van der Waals surface area contributed by atoms with Crippen LogP contribution in [0.5, 0.6) is 0 Å². The number of nitrogens with one attached hydrogen (secondary N) is 2. The van der Waals surface area contributed by atoms with Crippen molar-refractivity contribution in [2.24, 2.45) is 5.10 Å². The molecule has 16 heavy (non-hydrogen) atoms. The minimum absolute atomic E-state index is 0.490. The highest BCUT2D eigenvalue weighted by Gasteiger charge is 1.92. The summed E-state index contributed by atoms with van der Waals surface area (Å²) in [6, 6.07) is 8.01. The molecule has 0 fully saturated rings. The highest BCUT2D eigenvalue weighted by atomic mass is 32.1. The lowest BCUT2D eigenvalue weighted by Gasteiger charge is -2.03. The summed E-state index contributed by atoms with van der Waals surface area (Å²) in [5.41, 5.74) is 4.98. The van der Waals surface area contributed by atoms with Gasteiger partial charge < -0.3 is 5.32 Å². The van der Waals surface area contributed by atoms with Gasteiger partial charge in [0.1, 0.15) is 0 Å². The fourth-order valence-electron chi connectivity index (χ4n) is 1.10. The molecule has 2 N–H and O–H groups in total. The average molecular weight is 233 g/mol. The first kappa shape index (κ1) is 12.4. The number of rotatable bonds is 4. The monoisotopic (exact) mass is 233 g/mol. The van der Waals surface area contributed by atoms with Gasteiger partial charge >= 0.3 is 0 Å². The van der Waals surface area contributed by atoms with E-state index < -0.39 is 0 Å². The Morgan fingerprint density at radius 1 is 1.50 bits per heavy atom. The van der Waals surface area contributed by atoms with Crippen molar-refractivity contribution in [1.29, 1.82) is 0 Å². The van der Waals surface area contributed by atoms with Crippen molar-refractivity contribution in [3.05, 3.63) is 48.0 Å². The van der Waals surface area contributed by atoms with Gasteiger partial charge in [0.2, 0.25) is 0 Å². The van der Waals surface area contributed by atoms with Crippen LogP contribution in [-0.2, 0) is 0 Å². The molecule has 0 saturated heterocycles. The molecule has 1 aromatic rings. The maximum absolute atomic E-state index is 4.98. The number of aryl methyl sites for hydroxylation is 1. The van der Waals surface area contributed by atoms with Crippen LogP contribution in [0, 0.1) is 6.92 Å². The first-order chi connectivity index (χ1) is 7.74. The summed E-state index contributed by atoms with van der Waals surface area (Å²) in [6.45, 7) is 6.25. The third-order valence-electron chi connectivity index (χ3n) is 1.97. The Morgan fingerprint density at radius 3 is 2.94 bits per heavy atom. The zero-order chi connectivity index (χ0) is 11.8. The van der Waals surface area contributed by atoms with E-state index in [1.165, 1.54) is 5.56 Å². The second kappa shape index (κ2) is 6.74. The molecule has 84 valence electrons. The van der Waals surface area contributed by atoms with Gasteiger partial charge in [-0.05, 0) is 30.3 Å². The molecule has 0 saturated carbocycles. The van der Waals surface area contributed by atoms with Gasteiger partial charge in [0.05, 0.1) is 6.21 Å². The Morgan fingerprint density at radius 2 is 2.25 bits per heavy atom. The van der Waals surface area contributed by atoms with Crippen LogP contribution in [0.2, 0.25) is 0 Å². The first-order valence-corrected chi connectivity index (χ1v) is 5.38. The van der Waals surface area contributed by atoms with Gasteiger partial charge in [-0.25, -0.2) is 0 Å². The minimum atomic E-state index is 0.490. The second-order valence-corrected chi connectivity index (χ2v) is 3.63. The lowest BCUT2D eigenvalue weighted by atomic mass is 10.1. The molecule has 0 atom stereocenters. The van der Waals surface area contributed by atoms with Crippen molar-refractivity contribution in [3.63, 3.8) is 0 Å². The van der Waals surface area contributed by atoms with E-state index in [9.17, 15) is 0 Å². The smallest absolute Gasteiger partial charge is 0.187 e. The van der Waals surface area contributed by atoms with Crippen molar-refractivity contribution >= 4 is 23.5 Å². The molecule has 0 amide bonds. The lowest BCUT2D eigenvalue weighted by Crippen LogP contribution is -2.31. The van der Waals surface area contributed by atoms with E-state index in [2.05, 4.69) is 22.4 Å². The largest absolute Gasteiger partial charge is 0.358 e. The highest BCUT2D eigenvalue weighted by molar-refractivity contribution is 7.80. The van der Waals surface area contributed by atoms with Crippen LogP contribution in [0.1, 0.15) is 11.1 Å². The van der Waals surface area contributed by atoms with Crippen molar-refractivity contribution in [2.75, 3.05) is 6.54 Å². The molecule has 0 aromatic heterocycles. The fourth-order valence-corrected chi connectivity index (χ4v) is 1.23. The molecule has 0 aliphatic heterocycles. The third-order valence-corrected chi connectivity index (χ3v) is 2.20. The molecule has 0 aliphatic carbocycles. The summed E-state index contributed by atoms with van der Waals surface area (Å²) in [4.78, 5) is 0. The van der Waals surface area contributed by atoms with Crippen molar-refractivity contribution < 1.29 is 0 Å². The summed E-state index contributed by atoms with van der Waals surface area (Å²) in [6.07, 6.45) is 3.48. The Hall–Kier alpha value is -1.68. The van der Waals surface area contributed by atoms with Crippen LogP contribution in [-0.4, -0.2) is 17.9 Å². The molecule has 4 heteroatoms. The van der Waals surface area contributed by atoms with Gasteiger partial charge in [-0.15, -0.1) is 6.58 Å². The molecule has 0 unspecified atom stereocenters. The van der Waals surface area contributed by atoms with Crippen molar-refractivity contribution in [3.8, 4) is 0 Å². The predicted molar refractivity (Wildman–Crippen MR) is 72.7 cm³/mol. The van der Waals surface area contributed by atoms with E-state index in [0.29, 0.717) is 11.7 Å². The van der Waals surface area contributed by atoms with Crippen LogP contribution in [0.25, 0.3) is 0 Å². The van der Waals surface area contributed by atoms with E-state index in [4.69, 9.17) is 12.2 Å². The normalized spacial score (nSPS) is 10.1. The first-order valence-electron chi connectivity index (χ1n) is 4.97. The van der Waals surface area contributed by atoms with Crippen LogP contribution >= 0.6 is 12.2 Å². The Kier molecular flexibility index (Phi) is 5.22. The zero-order valence-electron chi connectivity index (χ0n) is 9.23. The van der Waals surface area contributed by atoms with E-state index in [-0.39, 0.29) is 0 Å². The number of benzene rings is 1. The molecule has 0 aliphatic rings. The van der Waals surface area contributed by atoms with Crippen LogP contribution in [0.15, 0.2) is 42.0 Å². The van der Waals surface area contributed by atoms with Gasteiger partial charge in [-0.1, -0.05) is 30.3 Å². The summed E-state index contributed by atoms with van der Waals surface area (Å²) in [5, 5.41) is 7.45. The average Bonchev–Trinajstić information content (AvgIpc) is 2.29. The number of hydrogen-bond donors (Lipinski definition) is 2. The molecule has 1 rings (SSSR count). The molecule has 0 heterocycles. The molecule has 0 spiro atoms. The van der Waals surface area contributed by atoms with Gasteiger partial charge in [-0.3, -0.25) is 5.43 Å². The SMILES string of the molecule is C=CCNC(=S)N/N=C/c1ccccc1C. The third kappa shape index (κ3) is 4.23. The van der Waals surface area contributed by atoms with Crippen molar-refractivity contribution in [2.45, 2.75) is 6.92 Å². The maximum atomic E-state index is 4.98. The van der Waals surface area contributed by atoms with E-state index in [1.807, 2.05) is 31.2 Å². The van der Waals surface area contributed by atoms with E-state index in [0.717, 1.165) is 5.56 Å². The second-order valence-electron chi connectivity index (χ2n) is 3.23. The molecular formula is C12H15N3S. The van der Waals surface area contributed by atoms with Gasteiger partial charge in [0, 0.05) is 6.54 Å². The summed E-state index contributed by atoms with van der Waals surface area (Å²) < 4.78 is 0. The zero-order valence-corrected chi connectivity index (χ0v) is 10.1. The van der Waals surface area contributed by atoms with Crippen LogP contribution < -0.4 is 10.7 Å². The number of thiocarbonyl (C=S) groups is 1. The summed E-state index contributed by atoms with van der Waals surface area (Å²) in [7, 11) is 0. The minimum Gasteiger partial charge on any atom is -0.358 e. The molecule has 0 bridgehead atoms. The van der Waals surface area contributed by atoms with Crippen LogP contribution in [0.3, 0.4) is 0 Å². The quantitative estimate of drug-likeness (QED) is 0.361. The topological polar surface area (TPSA) is 36.4 Å². The molecule has 3 nitrogen and oxygen atoms in total. The van der Waals surface area contributed by atoms with Gasteiger partial charge in [0.15, 0.2) is 5.11 Å². The molecule has 0 radical (unpaired) electrons. The summed E-state index contributed by atoms with van der Waals surface area (Å²) in [5.74, 6) is 0. The number of nitrogens with zero attached hydrogens (tertiary/aromatic N) is 1. The van der Waals surface area contributed by atoms with Crippen molar-refractivity contribution in [1.82, 2.24) is 10.7 Å². The van der Waals surface area contributed by atoms with Gasteiger partial charge in [0.25, 0.3) is 0 Å². The summed E-state index contributed by atoms with van der Waals surface area (Å²) >= 11 is 4.98. The molecular weight excluding hydrogens is 218 g/mol. The van der Waals surface area contributed by atoms with E-state index >= 15 is 0 Å². The fraction of sp³-hybridized carbons (Fsp3) is 0.167. The standard InChI is InChI=1S/C12H15N3S/c1-3-8-13-12(16)15-14-9-11-7-5-4-6-10(11)2/h3-7,9H,1,8H2,2H3,(H2,13,15,16)/b14-9+. The van der Waals surface area contributed by atoms with Crippen LogP contribution in [0.4, 0.5) is 0 Å². The number of hydrazone groups is 1. The molecule has 1 aromatic carbocycles. The Bertz CT molecular complexity index is 399. The Balaban J connectivity index is 2.46. The van der Waals surface area contributed by atoms with Gasteiger partial charge in [-0.2, -0.15) is 5.10 Å². The maximum Gasteiger partial charge on any atom is 0.187 e. The highest BCUT2D eigenvalue weighted by Crippen LogP contribution is 2.02. The van der Waals surface area contributed by atoms with E-state index in [1.54, 1.807) is 12.3 Å². The predicted octanol–water partition coefficient (Wildman–Crippen LogP) is 1.98.